The van der Waals surface area contributed by atoms with Gasteiger partial charge in [0.2, 0.25) is 0 Å². The molecule has 5 nitrogen and oxygen atoms in total. The highest BCUT2D eigenvalue weighted by Crippen LogP contribution is 2.34. The summed E-state index contributed by atoms with van der Waals surface area (Å²) < 4.78 is 23.9. The maximum atomic E-state index is 11.9. The highest BCUT2D eigenvalue weighted by atomic mass is 32.2. The number of hydrogen-bond donors (Lipinski definition) is 1. The average Bonchev–Trinajstić information content (AvgIpc) is 3.08. The third-order valence-corrected chi connectivity index (χ3v) is 6.24. The molecule has 2 aromatic rings. The molecule has 0 bridgehead atoms. The van der Waals surface area contributed by atoms with Gasteiger partial charge < -0.3 is 0 Å². The van der Waals surface area contributed by atoms with Crippen LogP contribution in [0.1, 0.15) is 40.8 Å². The Bertz CT molecular complexity index is 748. The molecule has 1 fully saturated rings. The van der Waals surface area contributed by atoms with E-state index >= 15 is 0 Å². The number of sulfone groups is 1. The molecule has 22 heavy (non-hydrogen) atoms. The number of aromatic nitrogens is 2. The number of hydrogen-bond acceptors (Lipinski definition) is 5. The van der Waals surface area contributed by atoms with E-state index in [1.165, 1.54) is 22.2 Å². The summed E-state index contributed by atoms with van der Waals surface area (Å²) in [6.45, 7) is 3.97. The van der Waals surface area contributed by atoms with Gasteiger partial charge in [-0.3, -0.25) is 10.00 Å². The van der Waals surface area contributed by atoms with Crippen molar-refractivity contribution in [2.45, 2.75) is 43.7 Å². The van der Waals surface area contributed by atoms with Crippen LogP contribution in [0, 0.1) is 6.92 Å². The Labute approximate surface area is 135 Å². The predicted octanol–water partition coefficient (Wildman–Crippen LogP) is 2.91. The summed E-state index contributed by atoms with van der Waals surface area (Å²) in [6.07, 6.45) is 5.93. The van der Waals surface area contributed by atoms with Crippen LogP contribution in [0.15, 0.2) is 23.2 Å². The zero-order chi connectivity index (χ0) is 15.7. The molecule has 0 aliphatic carbocycles. The summed E-state index contributed by atoms with van der Waals surface area (Å²) in [7, 11) is -3.25. The van der Waals surface area contributed by atoms with Crippen LogP contribution in [0.25, 0.3) is 0 Å². The first-order valence-corrected chi connectivity index (χ1v) is 10.2. The normalized spacial score (nSPS) is 20.4. The van der Waals surface area contributed by atoms with E-state index < -0.39 is 9.84 Å². The lowest BCUT2D eigenvalue weighted by Gasteiger charge is -2.35. The van der Waals surface area contributed by atoms with Crippen LogP contribution in [-0.4, -0.2) is 36.3 Å². The van der Waals surface area contributed by atoms with Crippen molar-refractivity contribution in [2.75, 3.05) is 12.8 Å². The summed E-state index contributed by atoms with van der Waals surface area (Å²) in [5.41, 5.74) is 0.746. The molecule has 0 aromatic carbocycles. The molecule has 3 rings (SSSR count). The van der Waals surface area contributed by atoms with Gasteiger partial charge in [-0.05, 0) is 38.4 Å². The second-order valence-electron chi connectivity index (χ2n) is 5.91. The van der Waals surface area contributed by atoms with E-state index in [-0.39, 0.29) is 6.04 Å². The van der Waals surface area contributed by atoms with E-state index in [4.69, 9.17) is 0 Å². The van der Waals surface area contributed by atoms with Gasteiger partial charge in [-0.2, -0.15) is 5.10 Å². The number of piperidine rings is 1. The standard InChI is InChI=1S/C15H21N3O2S2/c1-11-6-7-12(21-11)10-18-8-4-3-5-13(18)15-14(9-16-17-15)22(2,19)20/h6-7,9,13H,3-5,8,10H2,1-2H3,(H,16,17)/t13-/m0/s1. The smallest absolute Gasteiger partial charge is 0.178 e. The Morgan fingerprint density at radius 2 is 2.23 bits per heavy atom. The number of rotatable bonds is 4. The highest BCUT2D eigenvalue weighted by Gasteiger charge is 2.30. The number of likely N-dealkylation sites (tertiary alicyclic amines) is 1. The van der Waals surface area contributed by atoms with Crippen LogP contribution in [-0.2, 0) is 16.4 Å². The topological polar surface area (TPSA) is 66.1 Å². The Morgan fingerprint density at radius 1 is 1.41 bits per heavy atom. The van der Waals surface area contributed by atoms with Crippen molar-refractivity contribution in [3.05, 3.63) is 33.8 Å². The van der Waals surface area contributed by atoms with Crippen LogP contribution in [0.4, 0.5) is 0 Å². The van der Waals surface area contributed by atoms with Crippen LogP contribution in [0.5, 0.6) is 0 Å². The fourth-order valence-corrected chi connectivity index (χ4v) is 4.84. The van der Waals surface area contributed by atoms with Gasteiger partial charge in [0.15, 0.2) is 9.84 Å². The van der Waals surface area contributed by atoms with Crippen molar-refractivity contribution in [1.82, 2.24) is 15.1 Å². The number of aryl methyl sites for hydroxylation is 1. The lowest BCUT2D eigenvalue weighted by atomic mass is 9.99. The van der Waals surface area contributed by atoms with E-state index in [1.54, 1.807) is 11.3 Å². The minimum absolute atomic E-state index is 0.100. The summed E-state index contributed by atoms with van der Waals surface area (Å²) in [6, 6.07) is 4.40. The van der Waals surface area contributed by atoms with Crippen LogP contribution >= 0.6 is 11.3 Å². The summed E-state index contributed by atoms with van der Waals surface area (Å²) in [5, 5.41) is 6.92. The van der Waals surface area contributed by atoms with Gasteiger partial charge in [0.25, 0.3) is 0 Å². The third-order valence-electron chi connectivity index (χ3n) is 4.13. The van der Waals surface area contributed by atoms with Crippen molar-refractivity contribution in [2.24, 2.45) is 0 Å². The average molecular weight is 339 g/mol. The molecule has 0 saturated carbocycles. The molecule has 2 aromatic heterocycles. The predicted molar refractivity (Wildman–Crippen MR) is 87.8 cm³/mol. The van der Waals surface area contributed by atoms with Crippen LogP contribution in [0.2, 0.25) is 0 Å². The molecular weight excluding hydrogens is 318 g/mol. The van der Waals surface area contributed by atoms with Gasteiger partial charge in [-0.25, -0.2) is 8.42 Å². The molecule has 7 heteroatoms. The number of nitrogens with one attached hydrogen (secondary N) is 1. The SMILES string of the molecule is Cc1ccc(CN2CCCC[C@H]2c2[nH]ncc2S(C)(=O)=O)s1. The number of nitrogens with zero attached hydrogens (tertiary/aromatic N) is 2. The van der Waals surface area contributed by atoms with Crippen molar-refractivity contribution in [3.8, 4) is 0 Å². The fraction of sp³-hybridized carbons (Fsp3) is 0.533. The molecule has 1 atom stereocenters. The lowest BCUT2D eigenvalue weighted by molar-refractivity contribution is 0.136. The molecule has 1 aliphatic heterocycles. The molecule has 1 aliphatic rings. The molecular formula is C15H21N3O2S2. The highest BCUT2D eigenvalue weighted by molar-refractivity contribution is 7.90. The summed E-state index contributed by atoms with van der Waals surface area (Å²) >= 11 is 1.80. The second kappa shape index (κ2) is 6.14. The first-order valence-electron chi connectivity index (χ1n) is 7.48. The Kier molecular flexibility index (Phi) is 4.38. The molecule has 1 N–H and O–H groups in total. The first-order chi connectivity index (χ1) is 10.4. The number of H-pyrrole nitrogens is 1. The van der Waals surface area contributed by atoms with Gasteiger partial charge >= 0.3 is 0 Å². The zero-order valence-electron chi connectivity index (χ0n) is 12.9. The zero-order valence-corrected chi connectivity index (χ0v) is 14.5. The summed E-state index contributed by atoms with van der Waals surface area (Å²) in [4.78, 5) is 5.34. The second-order valence-corrected chi connectivity index (χ2v) is 9.27. The van der Waals surface area contributed by atoms with Crippen LogP contribution < -0.4 is 0 Å². The minimum Gasteiger partial charge on any atom is -0.290 e. The molecule has 0 radical (unpaired) electrons. The Balaban J connectivity index is 1.88. The minimum atomic E-state index is -3.25. The monoisotopic (exact) mass is 339 g/mol. The van der Waals surface area contributed by atoms with Gasteiger partial charge in [-0.15, -0.1) is 11.3 Å². The van der Waals surface area contributed by atoms with E-state index in [0.717, 1.165) is 38.0 Å². The number of aromatic amines is 1. The van der Waals surface area contributed by atoms with Crippen LogP contribution in [0.3, 0.4) is 0 Å². The summed E-state index contributed by atoms with van der Waals surface area (Å²) in [5.74, 6) is 0. The maximum absolute atomic E-state index is 11.9. The Morgan fingerprint density at radius 3 is 2.91 bits per heavy atom. The Hall–Kier alpha value is -1.18. The van der Waals surface area contributed by atoms with Crippen molar-refractivity contribution in [1.29, 1.82) is 0 Å². The maximum Gasteiger partial charge on any atom is 0.178 e. The van der Waals surface area contributed by atoms with Crippen molar-refractivity contribution >= 4 is 21.2 Å². The molecule has 0 unspecified atom stereocenters. The van der Waals surface area contributed by atoms with E-state index in [1.807, 2.05) is 0 Å². The van der Waals surface area contributed by atoms with E-state index in [9.17, 15) is 8.42 Å². The van der Waals surface area contributed by atoms with E-state index in [2.05, 4.69) is 34.2 Å². The molecule has 3 heterocycles. The third kappa shape index (κ3) is 3.26. The molecule has 120 valence electrons. The number of thiophene rings is 1. The van der Waals surface area contributed by atoms with E-state index in [0.29, 0.717) is 4.90 Å². The lowest BCUT2D eigenvalue weighted by Crippen LogP contribution is -2.33. The van der Waals surface area contributed by atoms with Crippen molar-refractivity contribution < 1.29 is 8.42 Å². The fourth-order valence-electron chi connectivity index (χ4n) is 3.10. The van der Waals surface area contributed by atoms with Gasteiger partial charge in [-0.1, -0.05) is 6.42 Å². The quantitative estimate of drug-likeness (QED) is 0.930. The van der Waals surface area contributed by atoms with Gasteiger partial charge in [0, 0.05) is 22.6 Å². The largest absolute Gasteiger partial charge is 0.290 e. The van der Waals surface area contributed by atoms with Gasteiger partial charge in [0.1, 0.15) is 4.90 Å². The first kappa shape index (κ1) is 15.7. The molecule has 0 amide bonds. The van der Waals surface area contributed by atoms with Crippen molar-refractivity contribution in [3.63, 3.8) is 0 Å². The molecule has 0 spiro atoms. The molecule has 1 saturated heterocycles. The van der Waals surface area contributed by atoms with Gasteiger partial charge in [0.05, 0.1) is 17.9 Å².